The van der Waals surface area contributed by atoms with Crippen molar-refractivity contribution < 1.29 is 4.74 Å². The Bertz CT molecular complexity index is 516. The molecule has 0 bridgehead atoms. The second-order valence-electron chi connectivity index (χ2n) is 3.08. The first kappa shape index (κ1) is 15.2. The van der Waals surface area contributed by atoms with Crippen LogP contribution in [0, 0.1) is 6.92 Å². The maximum atomic E-state index is 5.36. The van der Waals surface area contributed by atoms with Gasteiger partial charge in [0, 0.05) is 4.47 Å². The summed E-state index contributed by atoms with van der Waals surface area (Å²) in [6, 6.07) is 4.04. The van der Waals surface area contributed by atoms with Gasteiger partial charge in [-0.3, -0.25) is 0 Å². The predicted octanol–water partition coefficient (Wildman–Crippen LogP) is 4.93. The van der Waals surface area contributed by atoms with Crippen molar-refractivity contribution in [3.8, 4) is 5.75 Å². The maximum absolute atomic E-state index is 5.36. The molecule has 2 aromatic rings. The molecule has 0 saturated heterocycles. The Balaban J connectivity index is 0.000000686. The van der Waals surface area contributed by atoms with E-state index in [2.05, 4.69) is 49.1 Å². The molecule has 0 spiro atoms. The molecule has 3 nitrogen and oxygen atoms in total. The zero-order valence-electron chi connectivity index (χ0n) is 10.2. The fourth-order valence-electron chi connectivity index (χ4n) is 1.58. The third-order valence-electron chi connectivity index (χ3n) is 2.19. The Morgan fingerprint density at radius 1 is 1.41 bits per heavy atom. The average molecular weight is 429 g/mol. The third-order valence-corrected chi connectivity index (χ3v) is 4.52. The molecule has 0 N–H and O–H groups in total. The number of aryl methyl sites for hydroxylation is 1. The van der Waals surface area contributed by atoms with Crippen LogP contribution in [0.1, 0.15) is 19.5 Å². The summed E-state index contributed by atoms with van der Waals surface area (Å²) in [6.07, 6.45) is 0.598. The number of hydrogen-bond acceptors (Lipinski definition) is 2. The quantitative estimate of drug-likeness (QED) is 0.500. The molecule has 0 aliphatic carbocycles. The van der Waals surface area contributed by atoms with Crippen molar-refractivity contribution in [2.24, 2.45) is 0 Å². The van der Waals surface area contributed by atoms with Gasteiger partial charge in [0.15, 0.2) is 0 Å². The van der Waals surface area contributed by atoms with Crippen LogP contribution in [0.3, 0.4) is 0 Å². The van der Waals surface area contributed by atoms with E-state index in [4.69, 9.17) is 4.74 Å². The van der Waals surface area contributed by atoms with Crippen LogP contribution in [-0.4, -0.2) is 16.7 Å². The standard InChI is InChI=1S/C9H9BrIN2OP.C2H6/c1-5-9-7(13(12-5)15-11)3-6(10)4-8(9)14-2;1-2/h3-4,15H,1-2H3;1-2H3. The Kier molecular flexibility index (Phi) is 6.17. The van der Waals surface area contributed by atoms with Gasteiger partial charge in [-0.15, -0.1) is 0 Å². The van der Waals surface area contributed by atoms with Crippen LogP contribution in [0.4, 0.5) is 0 Å². The Hall–Kier alpha value is 0.130. The van der Waals surface area contributed by atoms with Gasteiger partial charge in [-0.25, -0.2) is 4.45 Å². The summed E-state index contributed by atoms with van der Waals surface area (Å²) in [6.45, 7) is 6.01. The highest BCUT2D eigenvalue weighted by molar-refractivity contribution is 14.2. The van der Waals surface area contributed by atoms with Crippen LogP contribution >= 0.6 is 44.3 Å². The molecule has 94 valence electrons. The van der Waals surface area contributed by atoms with Gasteiger partial charge in [0.2, 0.25) is 0 Å². The van der Waals surface area contributed by atoms with Crippen LogP contribution in [0.5, 0.6) is 5.75 Å². The monoisotopic (exact) mass is 428 g/mol. The smallest absolute Gasteiger partial charge is 0.131 e. The molecule has 0 amide bonds. The molecule has 0 radical (unpaired) electrons. The lowest BCUT2D eigenvalue weighted by molar-refractivity contribution is 0.419. The summed E-state index contributed by atoms with van der Waals surface area (Å²) in [5.41, 5.74) is 2.13. The molecule has 2 rings (SSSR count). The van der Waals surface area contributed by atoms with Crippen LogP contribution in [0.15, 0.2) is 16.6 Å². The molecule has 1 aromatic carbocycles. The zero-order valence-corrected chi connectivity index (χ0v) is 15.0. The summed E-state index contributed by atoms with van der Waals surface area (Å²) in [5.74, 6) is 0.873. The van der Waals surface area contributed by atoms with Gasteiger partial charge in [-0.2, -0.15) is 5.10 Å². The number of rotatable bonds is 2. The molecule has 0 saturated carbocycles. The van der Waals surface area contributed by atoms with E-state index >= 15 is 0 Å². The maximum Gasteiger partial charge on any atom is 0.131 e. The van der Waals surface area contributed by atoms with Crippen molar-refractivity contribution in [1.29, 1.82) is 0 Å². The first-order valence-corrected chi connectivity index (χ1v) is 10.1. The lowest BCUT2D eigenvalue weighted by atomic mass is 10.2. The molecule has 1 unspecified atom stereocenters. The van der Waals surface area contributed by atoms with Crippen LogP contribution in [0.25, 0.3) is 10.9 Å². The first-order valence-electron chi connectivity index (χ1n) is 5.27. The van der Waals surface area contributed by atoms with Crippen molar-refractivity contribution in [1.82, 2.24) is 9.55 Å². The van der Waals surface area contributed by atoms with Gasteiger partial charge in [-0.05, 0) is 41.1 Å². The van der Waals surface area contributed by atoms with E-state index in [0.717, 1.165) is 26.8 Å². The number of methoxy groups -OCH3 is 1. The Labute approximate surface area is 125 Å². The minimum absolute atomic E-state index is 0.598. The molecule has 1 atom stereocenters. The van der Waals surface area contributed by atoms with E-state index in [1.165, 1.54) is 0 Å². The van der Waals surface area contributed by atoms with Gasteiger partial charge in [0.25, 0.3) is 0 Å². The number of halogens is 2. The van der Waals surface area contributed by atoms with E-state index in [0.29, 0.717) is 6.37 Å². The number of nitrogens with zero attached hydrogens (tertiary/aromatic N) is 2. The topological polar surface area (TPSA) is 27.1 Å². The van der Waals surface area contributed by atoms with E-state index in [-0.39, 0.29) is 0 Å². The molecule has 0 fully saturated rings. The number of hydrogen-bond donors (Lipinski definition) is 0. The molecule has 1 heterocycles. The third kappa shape index (κ3) is 3.12. The molecule has 17 heavy (non-hydrogen) atoms. The summed E-state index contributed by atoms with van der Waals surface area (Å²) < 4.78 is 8.38. The fourth-order valence-corrected chi connectivity index (χ4v) is 3.56. The molecular weight excluding hydrogens is 414 g/mol. The minimum Gasteiger partial charge on any atom is -0.496 e. The van der Waals surface area contributed by atoms with E-state index < -0.39 is 0 Å². The van der Waals surface area contributed by atoms with Gasteiger partial charge >= 0.3 is 0 Å². The van der Waals surface area contributed by atoms with Crippen LogP contribution < -0.4 is 4.74 Å². The Morgan fingerprint density at radius 3 is 2.59 bits per heavy atom. The van der Waals surface area contributed by atoms with Gasteiger partial charge in [-0.1, -0.05) is 29.8 Å². The van der Waals surface area contributed by atoms with Gasteiger partial charge < -0.3 is 4.74 Å². The van der Waals surface area contributed by atoms with Crippen LogP contribution in [-0.2, 0) is 0 Å². The van der Waals surface area contributed by atoms with Gasteiger partial charge in [0.1, 0.15) is 5.75 Å². The number of ether oxygens (including phenoxy) is 1. The number of fused-ring (bicyclic) bond motifs is 1. The molecular formula is C11H15BrIN2OP. The van der Waals surface area contributed by atoms with E-state index in [1.54, 1.807) is 7.11 Å². The van der Waals surface area contributed by atoms with Crippen molar-refractivity contribution in [3.05, 3.63) is 22.3 Å². The molecule has 0 aliphatic heterocycles. The van der Waals surface area contributed by atoms with Crippen molar-refractivity contribution in [3.63, 3.8) is 0 Å². The summed E-state index contributed by atoms with van der Waals surface area (Å²) in [7, 11) is 1.68. The van der Waals surface area contributed by atoms with E-state index in [9.17, 15) is 0 Å². The van der Waals surface area contributed by atoms with Crippen LogP contribution in [0.2, 0.25) is 0 Å². The summed E-state index contributed by atoms with van der Waals surface area (Å²) in [4.78, 5) is 0. The largest absolute Gasteiger partial charge is 0.496 e. The highest BCUT2D eigenvalue weighted by atomic mass is 127. The first-order chi connectivity index (χ1) is 8.17. The second-order valence-corrected chi connectivity index (χ2v) is 6.04. The lowest BCUT2D eigenvalue weighted by Gasteiger charge is -2.04. The van der Waals surface area contributed by atoms with Crippen molar-refractivity contribution in [2.45, 2.75) is 20.8 Å². The highest BCUT2D eigenvalue weighted by Crippen LogP contribution is 2.36. The SMILES string of the molecule is CC.COc1cc(Br)cc2c1c(C)nn2PI. The second kappa shape index (κ2) is 6.90. The summed E-state index contributed by atoms with van der Waals surface area (Å²) in [5, 5.41) is 5.58. The number of benzene rings is 1. The summed E-state index contributed by atoms with van der Waals surface area (Å²) >= 11 is 5.80. The lowest BCUT2D eigenvalue weighted by Crippen LogP contribution is -1.85. The normalized spacial score (nSPS) is 10.7. The Morgan fingerprint density at radius 2 is 2.06 bits per heavy atom. The molecule has 0 aliphatic rings. The van der Waals surface area contributed by atoms with Gasteiger partial charge in [0.05, 0.1) is 30.1 Å². The van der Waals surface area contributed by atoms with Crippen molar-refractivity contribution >= 4 is 55.2 Å². The van der Waals surface area contributed by atoms with E-state index in [1.807, 2.05) is 31.3 Å². The molecule has 6 heteroatoms. The zero-order chi connectivity index (χ0) is 13.0. The average Bonchev–Trinajstić information content (AvgIpc) is 2.67. The predicted molar refractivity (Wildman–Crippen MR) is 87.8 cm³/mol. The highest BCUT2D eigenvalue weighted by Gasteiger charge is 2.12. The molecule has 1 aromatic heterocycles. The van der Waals surface area contributed by atoms with Crippen molar-refractivity contribution in [2.75, 3.05) is 7.11 Å². The minimum atomic E-state index is 0.598. The fraction of sp³-hybridized carbons (Fsp3) is 0.364. The number of aromatic nitrogens is 2.